The SMILES string of the molecule is C#CCN(CCOCC(O)c1ccc2sccc2c1)Cc1ccccc1. The maximum atomic E-state index is 10.4. The largest absolute Gasteiger partial charge is 0.386 e. The Kier molecular flexibility index (Phi) is 6.82. The fourth-order valence-electron chi connectivity index (χ4n) is 2.86. The third-order valence-corrected chi connectivity index (χ3v) is 5.15. The molecular formula is C22H23NO2S. The van der Waals surface area contributed by atoms with Crippen molar-refractivity contribution < 1.29 is 9.84 Å². The molecule has 0 aliphatic rings. The molecule has 3 rings (SSSR count). The van der Waals surface area contributed by atoms with E-state index in [0.29, 0.717) is 13.2 Å². The van der Waals surface area contributed by atoms with E-state index in [2.05, 4.69) is 34.4 Å². The van der Waals surface area contributed by atoms with Gasteiger partial charge in [-0.1, -0.05) is 42.3 Å². The molecular weight excluding hydrogens is 342 g/mol. The number of benzene rings is 2. The van der Waals surface area contributed by atoms with Crippen LogP contribution in [0, 0.1) is 12.3 Å². The van der Waals surface area contributed by atoms with Gasteiger partial charge >= 0.3 is 0 Å². The molecule has 0 spiro atoms. The minimum Gasteiger partial charge on any atom is -0.386 e. The molecule has 0 radical (unpaired) electrons. The van der Waals surface area contributed by atoms with Crippen molar-refractivity contribution in [2.45, 2.75) is 12.6 Å². The second-order valence-corrected chi connectivity index (χ2v) is 7.16. The molecule has 1 aromatic heterocycles. The lowest BCUT2D eigenvalue weighted by Crippen LogP contribution is -2.28. The number of terminal acetylenes is 1. The first-order valence-electron chi connectivity index (χ1n) is 8.69. The number of aliphatic hydroxyl groups excluding tert-OH is 1. The van der Waals surface area contributed by atoms with E-state index in [0.717, 1.165) is 24.0 Å². The maximum Gasteiger partial charge on any atom is 0.102 e. The lowest BCUT2D eigenvalue weighted by Gasteiger charge is -2.20. The van der Waals surface area contributed by atoms with Crippen LogP contribution in [0.5, 0.6) is 0 Å². The highest BCUT2D eigenvalue weighted by atomic mass is 32.1. The van der Waals surface area contributed by atoms with Crippen molar-refractivity contribution in [1.29, 1.82) is 0 Å². The first-order chi connectivity index (χ1) is 12.8. The minimum atomic E-state index is -0.616. The molecule has 1 N–H and O–H groups in total. The van der Waals surface area contributed by atoms with Crippen LogP contribution >= 0.6 is 11.3 Å². The second kappa shape index (κ2) is 9.51. The normalized spacial score (nSPS) is 12.3. The smallest absolute Gasteiger partial charge is 0.102 e. The van der Waals surface area contributed by atoms with E-state index in [1.54, 1.807) is 11.3 Å². The molecule has 0 bridgehead atoms. The van der Waals surface area contributed by atoms with Gasteiger partial charge in [-0.2, -0.15) is 0 Å². The van der Waals surface area contributed by atoms with Gasteiger partial charge in [0.25, 0.3) is 0 Å². The number of hydrogen-bond donors (Lipinski definition) is 1. The first-order valence-corrected chi connectivity index (χ1v) is 9.57. The van der Waals surface area contributed by atoms with E-state index >= 15 is 0 Å². The van der Waals surface area contributed by atoms with Gasteiger partial charge in [0.15, 0.2) is 0 Å². The van der Waals surface area contributed by atoms with Crippen LogP contribution in [-0.2, 0) is 11.3 Å². The second-order valence-electron chi connectivity index (χ2n) is 6.21. The van der Waals surface area contributed by atoms with Crippen LogP contribution in [-0.4, -0.2) is 36.3 Å². The lowest BCUT2D eigenvalue weighted by atomic mass is 10.1. The van der Waals surface area contributed by atoms with Crippen LogP contribution in [0.1, 0.15) is 17.2 Å². The van der Waals surface area contributed by atoms with Crippen molar-refractivity contribution in [2.75, 3.05) is 26.3 Å². The Morgan fingerprint density at radius 2 is 2.00 bits per heavy atom. The highest BCUT2D eigenvalue weighted by molar-refractivity contribution is 7.17. The molecule has 0 aliphatic carbocycles. The van der Waals surface area contributed by atoms with Crippen molar-refractivity contribution in [3.05, 3.63) is 71.1 Å². The van der Waals surface area contributed by atoms with E-state index in [4.69, 9.17) is 11.2 Å². The van der Waals surface area contributed by atoms with Gasteiger partial charge < -0.3 is 9.84 Å². The maximum absolute atomic E-state index is 10.4. The van der Waals surface area contributed by atoms with Crippen molar-refractivity contribution in [3.63, 3.8) is 0 Å². The first kappa shape index (κ1) is 18.6. The summed E-state index contributed by atoms with van der Waals surface area (Å²) in [6.07, 6.45) is 4.86. The molecule has 0 aliphatic heterocycles. The lowest BCUT2D eigenvalue weighted by molar-refractivity contribution is 0.0270. The number of thiophene rings is 1. The van der Waals surface area contributed by atoms with Crippen molar-refractivity contribution in [1.82, 2.24) is 4.90 Å². The molecule has 26 heavy (non-hydrogen) atoms. The van der Waals surface area contributed by atoms with Crippen LogP contribution in [0.4, 0.5) is 0 Å². The molecule has 1 unspecified atom stereocenters. The van der Waals surface area contributed by atoms with Crippen LogP contribution in [0.3, 0.4) is 0 Å². The number of hydrogen-bond acceptors (Lipinski definition) is 4. The zero-order valence-corrected chi connectivity index (χ0v) is 15.5. The summed E-state index contributed by atoms with van der Waals surface area (Å²) in [5, 5.41) is 13.6. The average Bonchev–Trinajstić information content (AvgIpc) is 3.13. The molecule has 0 saturated heterocycles. The zero-order valence-electron chi connectivity index (χ0n) is 14.7. The van der Waals surface area contributed by atoms with Crippen LogP contribution in [0.15, 0.2) is 60.0 Å². The highest BCUT2D eigenvalue weighted by Gasteiger charge is 2.10. The van der Waals surface area contributed by atoms with Crippen molar-refractivity contribution in [3.8, 4) is 12.3 Å². The van der Waals surface area contributed by atoms with Gasteiger partial charge in [0.1, 0.15) is 6.10 Å². The predicted molar refractivity (Wildman–Crippen MR) is 108 cm³/mol. The number of aliphatic hydroxyl groups is 1. The van der Waals surface area contributed by atoms with E-state index in [1.807, 2.05) is 36.4 Å². The number of fused-ring (bicyclic) bond motifs is 1. The van der Waals surface area contributed by atoms with Gasteiger partial charge in [-0.3, -0.25) is 4.90 Å². The molecule has 3 nitrogen and oxygen atoms in total. The Morgan fingerprint density at radius 3 is 2.81 bits per heavy atom. The van der Waals surface area contributed by atoms with Crippen molar-refractivity contribution in [2.24, 2.45) is 0 Å². The van der Waals surface area contributed by atoms with Gasteiger partial charge in [0, 0.05) is 17.8 Å². The highest BCUT2D eigenvalue weighted by Crippen LogP contribution is 2.24. The molecule has 4 heteroatoms. The molecule has 3 aromatic rings. The summed E-state index contributed by atoms with van der Waals surface area (Å²) in [6.45, 7) is 2.92. The third kappa shape index (κ3) is 5.17. The van der Waals surface area contributed by atoms with E-state index < -0.39 is 6.10 Å². The summed E-state index contributed by atoms with van der Waals surface area (Å²) >= 11 is 1.70. The zero-order chi connectivity index (χ0) is 18.2. The standard InChI is InChI=1S/C22H23NO2S/c1-2-11-23(16-18-6-4-3-5-7-18)12-13-25-17-21(24)19-8-9-22-20(15-19)10-14-26-22/h1,3-10,14-15,21,24H,11-13,16-17H2. The van der Waals surface area contributed by atoms with E-state index in [1.165, 1.54) is 10.3 Å². The number of nitrogens with zero attached hydrogens (tertiary/aromatic N) is 1. The topological polar surface area (TPSA) is 32.7 Å². The van der Waals surface area contributed by atoms with Gasteiger partial charge in [-0.25, -0.2) is 0 Å². The summed E-state index contributed by atoms with van der Waals surface area (Å²) in [6, 6.07) is 18.4. The average molecular weight is 365 g/mol. The Hall–Kier alpha value is -2.16. The molecule has 1 heterocycles. The summed E-state index contributed by atoms with van der Waals surface area (Å²) in [5.41, 5.74) is 2.12. The van der Waals surface area contributed by atoms with Crippen LogP contribution in [0.2, 0.25) is 0 Å². The van der Waals surface area contributed by atoms with Crippen LogP contribution in [0.25, 0.3) is 10.1 Å². The summed E-state index contributed by atoms with van der Waals surface area (Å²) in [4.78, 5) is 2.17. The van der Waals surface area contributed by atoms with Gasteiger partial charge in [-0.15, -0.1) is 17.8 Å². The van der Waals surface area contributed by atoms with E-state index in [9.17, 15) is 5.11 Å². The number of ether oxygens (including phenoxy) is 1. The van der Waals surface area contributed by atoms with Gasteiger partial charge in [0.05, 0.1) is 19.8 Å². The summed E-state index contributed by atoms with van der Waals surface area (Å²) in [7, 11) is 0. The van der Waals surface area contributed by atoms with Gasteiger partial charge in [0.2, 0.25) is 0 Å². The fraction of sp³-hybridized carbons (Fsp3) is 0.273. The Balaban J connectivity index is 1.46. The molecule has 134 valence electrons. The Bertz CT molecular complexity index is 853. The number of rotatable bonds is 9. The van der Waals surface area contributed by atoms with Gasteiger partial charge in [-0.05, 0) is 40.1 Å². The molecule has 0 amide bonds. The molecule has 1 atom stereocenters. The monoisotopic (exact) mass is 365 g/mol. The Morgan fingerprint density at radius 1 is 1.15 bits per heavy atom. The Labute approximate surface area is 158 Å². The fourth-order valence-corrected chi connectivity index (χ4v) is 3.63. The molecule has 0 saturated carbocycles. The van der Waals surface area contributed by atoms with Crippen molar-refractivity contribution >= 4 is 21.4 Å². The summed E-state index contributed by atoms with van der Waals surface area (Å²) < 4.78 is 6.93. The van der Waals surface area contributed by atoms with E-state index in [-0.39, 0.29) is 6.61 Å². The minimum absolute atomic E-state index is 0.283. The van der Waals surface area contributed by atoms with Crippen LogP contribution < -0.4 is 0 Å². The molecule has 0 fully saturated rings. The third-order valence-electron chi connectivity index (χ3n) is 4.25. The molecule has 2 aromatic carbocycles. The predicted octanol–water partition coefficient (Wildman–Crippen LogP) is 4.09. The summed E-state index contributed by atoms with van der Waals surface area (Å²) in [5.74, 6) is 2.70. The quantitative estimate of drug-likeness (QED) is 0.458.